The van der Waals surface area contributed by atoms with Crippen molar-refractivity contribution in [1.82, 2.24) is 15.3 Å². The van der Waals surface area contributed by atoms with Crippen LogP contribution in [0.1, 0.15) is 68.9 Å². The zero-order chi connectivity index (χ0) is 25.9. The van der Waals surface area contributed by atoms with Crippen LogP contribution in [0.4, 0.5) is 5.69 Å². The smallest absolute Gasteiger partial charge is 0.272 e. The van der Waals surface area contributed by atoms with Crippen LogP contribution in [0.15, 0.2) is 47.2 Å². The number of halogens is 1. The van der Waals surface area contributed by atoms with E-state index in [2.05, 4.69) is 70.4 Å². The fraction of sp³-hybridized carbons (Fsp3) is 0.464. The van der Waals surface area contributed by atoms with Crippen LogP contribution in [0.2, 0.25) is 18.1 Å². The van der Waals surface area contributed by atoms with E-state index in [4.69, 9.17) is 4.43 Å². The van der Waals surface area contributed by atoms with Gasteiger partial charge in [0, 0.05) is 32.5 Å². The number of amides is 1. The van der Waals surface area contributed by atoms with Crippen LogP contribution >= 0.6 is 15.9 Å². The molecule has 0 radical (unpaired) electrons. The normalized spacial score (nSPS) is 15.1. The Morgan fingerprint density at radius 3 is 2.47 bits per heavy atom. The maximum absolute atomic E-state index is 13.4. The van der Waals surface area contributed by atoms with Crippen molar-refractivity contribution in [3.63, 3.8) is 0 Å². The summed E-state index contributed by atoms with van der Waals surface area (Å²) in [4.78, 5) is 22.6. The van der Waals surface area contributed by atoms with Crippen LogP contribution in [0.5, 0.6) is 5.75 Å². The third-order valence-electron chi connectivity index (χ3n) is 7.44. The molecule has 0 aliphatic heterocycles. The number of rotatable bonds is 7. The van der Waals surface area contributed by atoms with Crippen molar-refractivity contribution < 1.29 is 9.22 Å². The summed E-state index contributed by atoms with van der Waals surface area (Å²) in [5, 5.41) is 7.71. The molecule has 36 heavy (non-hydrogen) atoms. The summed E-state index contributed by atoms with van der Waals surface area (Å²) in [7, 11) is -1.89. The number of hydrogen-bond donors (Lipinski definition) is 2. The van der Waals surface area contributed by atoms with E-state index in [1.165, 1.54) is 19.3 Å². The molecule has 1 amide bonds. The third-order valence-corrected chi connectivity index (χ3v) is 12.4. The van der Waals surface area contributed by atoms with E-state index in [0.29, 0.717) is 22.9 Å². The first-order valence-corrected chi connectivity index (χ1v) is 16.5. The van der Waals surface area contributed by atoms with Gasteiger partial charge in [-0.1, -0.05) is 52.2 Å². The highest BCUT2D eigenvalue weighted by Crippen LogP contribution is 2.37. The zero-order valence-electron chi connectivity index (χ0n) is 22.0. The van der Waals surface area contributed by atoms with Gasteiger partial charge in [-0.2, -0.15) is 0 Å². The Balaban J connectivity index is 1.51. The lowest BCUT2D eigenvalue weighted by Crippen LogP contribution is -2.43. The zero-order valence-corrected chi connectivity index (χ0v) is 24.5. The van der Waals surface area contributed by atoms with E-state index in [9.17, 15) is 4.79 Å². The molecule has 0 saturated heterocycles. The average Bonchev–Trinajstić information content (AvgIpc) is 2.85. The predicted molar refractivity (Wildman–Crippen MR) is 153 cm³/mol. The Bertz CT molecular complexity index is 1220. The highest BCUT2D eigenvalue weighted by molar-refractivity contribution is 9.10. The van der Waals surface area contributed by atoms with Gasteiger partial charge < -0.3 is 15.1 Å². The molecule has 0 bridgehead atoms. The molecule has 1 aliphatic carbocycles. The van der Waals surface area contributed by atoms with Gasteiger partial charge >= 0.3 is 0 Å². The Hall–Kier alpha value is -2.45. The molecule has 0 unspecified atom stereocenters. The van der Waals surface area contributed by atoms with Crippen LogP contribution in [0.3, 0.4) is 0 Å². The lowest BCUT2D eigenvalue weighted by molar-refractivity contribution is 0.0946. The number of hydrogen-bond acceptors (Lipinski definition) is 5. The van der Waals surface area contributed by atoms with Gasteiger partial charge in [0.1, 0.15) is 4.60 Å². The van der Waals surface area contributed by atoms with E-state index in [-0.39, 0.29) is 10.9 Å². The summed E-state index contributed by atoms with van der Waals surface area (Å²) < 4.78 is 7.00. The van der Waals surface area contributed by atoms with Crippen molar-refractivity contribution in [3.05, 3.63) is 58.5 Å². The van der Waals surface area contributed by atoms with Gasteiger partial charge in [-0.25, -0.2) is 4.98 Å². The Morgan fingerprint density at radius 2 is 1.81 bits per heavy atom. The van der Waals surface area contributed by atoms with Crippen LogP contribution < -0.4 is 15.1 Å². The molecule has 2 aromatic heterocycles. The average molecular weight is 570 g/mol. The number of pyridine rings is 2. The number of benzene rings is 1. The van der Waals surface area contributed by atoms with Gasteiger partial charge in [-0.3, -0.25) is 9.78 Å². The summed E-state index contributed by atoms with van der Waals surface area (Å²) in [6, 6.07) is 12.2. The van der Waals surface area contributed by atoms with Crippen molar-refractivity contribution in [1.29, 1.82) is 0 Å². The minimum atomic E-state index is -1.89. The summed E-state index contributed by atoms with van der Waals surface area (Å²) in [6.45, 7) is 11.6. The molecule has 193 valence electrons. The molecule has 1 aliphatic rings. The molecular weight excluding hydrogens is 532 g/mol. The number of carbonyl (C=O) groups excluding carboxylic acids is 1. The van der Waals surface area contributed by atoms with E-state index in [1.807, 2.05) is 36.4 Å². The van der Waals surface area contributed by atoms with Crippen LogP contribution in [-0.4, -0.2) is 30.2 Å². The van der Waals surface area contributed by atoms with Crippen molar-refractivity contribution in [2.45, 2.75) is 83.6 Å². The molecule has 3 aromatic rings. The maximum Gasteiger partial charge on any atom is 0.272 e. The highest BCUT2D eigenvalue weighted by atomic mass is 79.9. The monoisotopic (exact) mass is 568 g/mol. The van der Waals surface area contributed by atoms with E-state index < -0.39 is 8.32 Å². The quantitative estimate of drug-likeness (QED) is 0.228. The fourth-order valence-corrected chi connectivity index (χ4v) is 5.77. The Morgan fingerprint density at radius 1 is 1.11 bits per heavy atom. The second-order valence-electron chi connectivity index (χ2n) is 11.2. The number of carbonyl (C=O) groups is 1. The summed E-state index contributed by atoms with van der Waals surface area (Å²) in [5.41, 5.74) is 2.86. The predicted octanol–water partition coefficient (Wildman–Crippen LogP) is 7.45. The first-order chi connectivity index (χ1) is 17.0. The van der Waals surface area contributed by atoms with Crippen molar-refractivity contribution in [2.75, 3.05) is 5.32 Å². The summed E-state index contributed by atoms with van der Waals surface area (Å²) in [5.74, 6) is 0.657. The van der Waals surface area contributed by atoms with Crippen LogP contribution in [0.25, 0.3) is 10.9 Å². The lowest BCUT2D eigenvalue weighted by Gasteiger charge is -2.48. The number of fused-ring (bicyclic) bond motifs is 1. The van der Waals surface area contributed by atoms with Crippen LogP contribution in [0, 0.1) is 0 Å². The van der Waals surface area contributed by atoms with Gasteiger partial charge in [0.25, 0.3) is 5.91 Å². The SMILES string of the molecule is CC(C)(C)[Si-](C)(C)Oc1ccc(CNC(=O)c2nc(Br)c3cccnc3c2NC2CCCCC2)cc1. The molecule has 2 N–H and O–H groups in total. The number of nitrogens with one attached hydrogen (secondary N) is 2. The molecule has 8 heteroatoms. The minimum Gasteiger partial charge on any atom is -0.689 e. The molecule has 6 nitrogen and oxygen atoms in total. The minimum absolute atomic E-state index is 0.138. The largest absolute Gasteiger partial charge is 0.689 e. The molecule has 1 saturated carbocycles. The van der Waals surface area contributed by atoms with Crippen molar-refractivity contribution >= 4 is 46.7 Å². The van der Waals surface area contributed by atoms with Crippen molar-refractivity contribution in [3.8, 4) is 5.75 Å². The van der Waals surface area contributed by atoms with E-state index in [1.54, 1.807) is 6.20 Å². The van der Waals surface area contributed by atoms with Crippen LogP contribution in [-0.2, 0) is 6.54 Å². The van der Waals surface area contributed by atoms with Gasteiger partial charge in [0.2, 0.25) is 0 Å². The lowest BCUT2D eigenvalue weighted by atomic mass is 9.95. The molecule has 1 fully saturated rings. The standard InChI is InChI=1S/C28H37BrN4O2Si/c1-28(2,3)36(4,5)35-21-15-13-19(14-16-21)18-31-27(34)25-24(32-20-10-7-6-8-11-20)23-22(26(29)33-25)12-9-17-30-23/h9,12-17,20,32H,6-8,10-11,18H2,1-5H3,(H,31,34)/q-1. The molecule has 4 rings (SSSR count). The molecule has 0 spiro atoms. The third kappa shape index (κ3) is 6.09. The Labute approximate surface area is 223 Å². The first kappa shape index (κ1) is 26.6. The van der Waals surface area contributed by atoms with Gasteiger partial charge in [0.15, 0.2) is 5.69 Å². The summed E-state index contributed by atoms with van der Waals surface area (Å²) >= 11 is 3.55. The molecule has 2 heterocycles. The van der Waals surface area contributed by atoms with Crippen molar-refractivity contribution in [2.24, 2.45) is 0 Å². The highest BCUT2D eigenvalue weighted by Gasteiger charge is 2.26. The topological polar surface area (TPSA) is 76.1 Å². The van der Waals surface area contributed by atoms with Gasteiger partial charge in [-0.05, 0) is 58.6 Å². The fourth-order valence-electron chi connectivity index (χ4n) is 4.24. The van der Waals surface area contributed by atoms with Gasteiger partial charge in [0.05, 0.1) is 17.0 Å². The van der Waals surface area contributed by atoms with E-state index >= 15 is 0 Å². The number of nitrogens with zero attached hydrogens (tertiary/aromatic N) is 2. The second-order valence-corrected chi connectivity index (χ2v) is 16.7. The second kappa shape index (κ2) is 10.9. The Kier molecular flexibility index (Phi) is 8.05. The maximum atomic E-state index is 13.4. The van der Waals surface area contributed by atoms with Gasteiger partial charge in [-0.15, -0.1) is 18.1 Å². The summed E-state index contributed by atoms with van der Waals surface area (Å²) in [6.07, 6.45) is 7.61. The first-order valence-electron chi connectivity index (χ1n) is 12.8. The van der Waals surface area contributed by atoms with E-state index in [0.717, 1.165) is 40.7 Å². The molecular formula is C28H37BrN4O2Si-. The molecule has 0 atom stereocenters. The number of anilines is 1. The number of aromatic nitrogens is 2. The molecule has 1 aromatic carbocycles.